The first kappa shape index (κ1) is 10.5. The van der Waals surface area contributed by atoms with Crippen LogP contribution < -0.4 is 4.74 Å². The third-order valence-corrected chi connectivity index (χ3v) is 3.13. The maximum Gasteiger partial charge on any atom is 0.119 e. The Hall–Kier alpha value is -1.02. The molecule has 1 aliphatic rings. The van der Waals surface area contributed by atoms with Crippen molar-refractivity contribution >= 4 is 0 Å². The summed E-state index contributed by atoms with van der Waals surface area (Å²) in [5.74, 6) is 1.42. The number of rotatable bonds is 2. The summed E-state index contributed by atoms with van der Waals surface area (Å²) in [6.07, 6.45) is 1.63. The monoisotopic (exact) mass is 206 g/mol. The maximum absolute atomic E-state index is 9.92. The summed E-state index contributed by atoms with van der Waals surface area (Å²) in [6.45, 7) is 4.86. The Morgan fingerprint density at radius 3 is 2.87 bits per heavy atom. The number of benzene rings is 1. The van der Waals surface area contributed by atoms with E-state index in [0.29, 0.717) is 12.5 Å². The number of aliphatic hydroxyl groups excluding tert-OH is 1. The summed E-state index contributed by atoms with van der Waals surface area (Å²) in [5, 5.41) is 9.92. The van der Waals surface area contributed by atoms with Crippen molar-refractivity contribution in [2.45, 2.75) is 38.7 Å². The molecule has 0 fully saturated rings. The molecular formula is C13H18O2. The van der Waals surface area contributed by atoms with Gasteiger partial charge in [-0.1, -0.05) is 13.0 Å². The predicted octanol–water partition coefficient (Wildman–Crippen LogP) is 3.02. The number of ether oxygens (including phenoxy) is 1. The molecule has 1 unspecified atom stereocenters. The molecule has 2 heteroatoms. The van der Waals surface area contributed by atoms with Gasteiger partial charge in [0.1, 0.15) is 5.75 Å². The summed E-state index contributed by atoms with van der Waals surface area (Å²) < 4.78 is 5.44. The minimum absolute atomic E-state index is 0.309. The highest BCUT2D eigenvalue weighted by atomic mass is 16.5. The minimum Gasteiger partial charge on any atom is -0.494 e. The van der Waals surface area contributed by atoms with Gasteiger partial charge >= 0.3 is 0 Å². The van der Waals surface area contributed by atoms with Gasteiger partial charge in [0, 0.05) is 0 Å². The van der Waals surface area contributed by atoms with Crippen LogP contribution in [0.25, 0.3) is 0 Å². The van der Waals surface area contributed by atoms with Crippen molar-refractivity contribution in [2.24, 2.45) is 0 Å². The van der Waals surface area contributed by atoms with Gasteiger partial charge in [-0.3, -0.25) is 0 Å². The van der Waals surface area contributed by atoms with Crippen LogP contribution in [0.2, 0.25) is 0 Å². The number of hydrogen-bond donors (Lipinski definition) is 1. The van der Waals surface area contributed by atoms with Crippen molar-refractivity contribution < 1.29 is 9.84 Å². The Morgan fingerprint density at radius 1 is 1.33 bits per heavy atom. The summed E-state index contributed by atoms with van der Waals surface area (Å²) >= 11 is 0. The highest BCUT2D eigenvalue weighted by Crippen LogP contribution is 2.38. The molecule has 0 amide bonds. The van der Waals surface area contributed by atoms with Crippen LogP contribution in [0.1, 0.15) is 49.8 Å². The summed E-state index contributed by atoms with van der Waals surface area (Å²) in [6, 6.07) is 6.07. The third kappa shape index (κ3) is 2.00. The molecule has 0 radical (unpaired) electrons. The molecule has 82 valence electrons. The van der Waals surface area contributed by atoms with E-state index in [1.54, 1.807) is 0 Å². The van der Waals surface area contributed by atoms with E-state index < -0.39 is 0 Å². The van der Waals surface area contributed by atoms with Gasteiger partial charge in [-0.15, -0.1) is 0 Å². The predicted molar refractivity (Wildman–Crippen MR) is 60.2 cm³/mol. The van der Waals surface area contributed by atoms with Crippen LogP contribution in [0, 0.1) is 0 Å². The minimum atomic E-state index is -0.309. The molecule has 1 aliphatic carbocycles. The molecule has 0 aromatic heterocycles. The van der Waals surface area contributed by atoms with Crippen LogP contribution in [0.3, 0.4) is 0 Å². The zero-order valence-corrected chi connectivity index (χ0v) is 9.36. The summed E-state index contributed by atoms with van der Waals surface area (Å²) in [5.41, 5.74) is 2.33. The molecule has 2 nitrogen and oxygen atoms in total. The fourth-order valence-electron chi connectivity index (χ4n) is 2.27. The first-order chi connectivity index (χ1) is 7.22. The Kier molecular flexibility index (Phi) is 2.96. The molecule has 2 rings (SSSR count). The Labute approximate surface area is 90.9 Å². The summed E-state index contributed by atoms with van der Waals surface area (Å²) in [4.78, 5) is 0. The van der Waals surface area contributed by atoms with Crippen LogP contribution in [0.4, 0.5) is 0 Å². The van der Waals surface area contributed by atoms with E-state index in [-0.39, 0.29) is 6.10 Å². The SMILES string of the molecule is CCOc1ccc2c(c1)[C@@H](O)CCC2C. The van der Waals surface area contributed by atoms with Crippen LogP contribution in [-0.4, -0.2) is 11.7 Å². The van der Waals surface area contributed by atoms with E-state index in [9.17, 15) is 5.11 Å². The second-order valence-corrected chi connectivity index (χ2v) is 4.22. The van der Waals surface area contributed by atoms with Gasteiger partial charge < -0.3 is 9.84 Å². The lowest BCUT2D eigenvalue weighted by atomic mass is 9.82. The topological polar surface area (TPSA) is 29.5 Å². The Morgan fingerprint density at radius 2 is 2.13 bits per heavy atom. The molecule has 1 aromatic rings. The van der Waals surface area contributed by atoms with Crippen molar-refractivity contribution in [2.75, 3.05) is 6.61 Å². The van der Waals surface area contributed by atoms with Crippen molar-refractivity contribution in [1.29, 1.82) is 0 Å². The van der Waals surface area contributed by atoms with Crippen molar-refractivity contribution in [1.82, 2.24) is 0 Å². The first-order valence-electron chi connectivity index (χ1n) is 5.67. The summed E-state index contributed by atoms with van der Waals surface area (Å²) in [7, 11) is 0. The first-order valence-corrected chi connectivity index (χ1v) is 5.67. The third-order valence-electron chi connectivity index (χ3n) is 3.13. The molecule has 0 spiro atoms. The zero-order chi connectivity index (χ0) is 10.8. The average Bonchev–Trinajstić information content (AvgIpc) is 2.24. The van der Waals surface area contributed by atoms with Gasteiger partial charge in [-0.05, 0) is 48.9 Å². The quantitative estimate of drug-likeness (QED) is 0.806. The van der Waals surface area contributed by atoms with E-state index in [4.69, 9.17) is 4.74 Å². The fraction of sp³-hybridized carbons (Fsp3) is 0.538. The second-order valence-electron chi connectivity index (χ2n) is 4.22. The lowest BCUT2D eigenvalue weighted by Gasteiger charge is -2.26. The van der Waals surface area contributed by atoms with E-state index >= 15 is 0 Å². The zero-order valence-electron chi connectivity index (χ0n) is 9.36. The number of aliphatic hydroxyl groups is 1. The van der Waals surface area contributed by atoms with Gasteiger partial charge in [-0.25, -0.2) is 0 Å². The van der Waals surface area contributed by atoms with Crippen LogP contribution in [-0.2, 0) is 0 Å². The molecule has 15 heavy (non-hydrogen) atoms. The fourth-order valence-corrected chi connectivity index (χ4v) is 2.27. The van der Waals surface area contributed by atoms with Crippen molar-refractivity contribution in [3.63, 3.8) is 0 Å². The number of fused-ring (bicyclic) bond motifs is 1. The van der Waals surface area contributed by atoms with E-state index in [1.165, 1.54) is 5.56 Å². The molecule has 1 aromatic carbocycles. The molecule has 0 heterocycles. The Balaban J connectivity index is 2.36. The normalized spacial score (nSPS) is 24.7. The van der Waals surface area contributed by atoms with Crippen LogP contribution >= 0.6 is 0 Å². The van der Waals surface area contributed by atoms with E-state index in [1.807, 2.05) is 19.1 Å². The largest absolute Gasteiger partial charge is 0.494 e. The highest BCUT2D eigenvalue weighted by Gasteiger charge is 2.23. The van der Waals surface area contributed by atoms with Gasteiger partial charge in [0.05, 0.1) is 12.7 Å². The van der Waals surface area contributed by atoms with Crippen LogP contribution in [0.5, 0.6) is 5.75 Å². The molecule has 0 saturated heterocycles. The van der Waals surface area contributed by atoms with Crippen molar-refractivity contribution in [3.05, 3.63) is 29.3 Å². The van der Waals surface area contributed by atoms with E-state index in [0.717, 1.165) is 24.2 Å². The van der Waals surface area contributed by atoms with Crippen LogP contribution in [0.15, 0.2) is 18.2 Å². The molecule has 0 saturated carbocycles. The van der Waals surface area contributed by atoms with Gasteiger partial charge in [-0.2, -0.15) is 0 Å². The Bertz CT molecular complexity index is 346. The molecule has 0 bridgehead atoms. The van der Waals surface area contributed by atoms with Gasteiger partial charge in [0.25, 0.3) is 0 Å². The van der Waals surface area contributed by atoms with Gasteiger partial charge in [0.15, 0.2) is 0 Å². The molecule has 1 N–H and O–H groups in total. The highest BCUT2D eigenvalue weighted by molar-refractivity contribution is 5.40. The molecule has 0 aliphatic heterocycles. The average molecular weight is 206 g/mol. The lowest BCUT2D eigenvalue weighted by molar-refractivity contribution is 0.151. The standard InChI is InChI=1S/C13H18O2/c1-3-15-10-5-6-11-9(2)4-7-13(14)12(11)8-10/h5-6,8-9,13-14H,3-4,7H2,1-2H3/t9?,13-/m0/s1. The van der Waals surface area contributed by atoms with Gasteiger partial charge in [0.2, 0.25) is 0 Å². The number of hydrogen-bond acceptors (Lipinski definition) is 2. The molecule has 2 atom stereocenters. The van der Waals surface area contributed by atoms with Crippen molar-refractivity contribution in [3.8, 4) is 5.75 Å². The smallest absolute Gasteiger partial charge is 0.119 e. The maximum atomic E-state index is 9.92. The molecular weight excluding hydrogens is 188 g/mol. The lowest BCUT2D eigenvalue weighted by Crippen LogP contribution is -2.12. The van der Waals surface area contributed by atoms with E-state index in [2.05, 4.69) is 13.0 Å². The second kappa shape index (κ2) is 4.23.